The van der Waals surface area contributed by atoms with Crippen molar-refractivity contribution in [2.45, 2.75) is 6.54 Å². The molecule has 1 heterocycles. The molecule has 0 unspecified atom stereocenters. The zero-order valence-corrected chi connectivity index (χ0v) is 20.8. The monoisotopic (exact) mass is 508 g/mol. The molecule has 0 aliphatic heterocycles. The van der Waals surface area contributed by atoms with Crippen LogP contribution in [0.4, 0.5) is 0 Å². The average molecular weight is 509 g/mol. The van der Waals surface area contributed by atoms with E-state index in [9.17, 15) is 4.79 Å². The molecule has 0 amide bonds. The van der Waals surface area contributed by atoms with Crippen molar-refractivity contribution in [3.05, 3.63) is 77.3 Å². The molecule has 8 nitrogen and oxygen atoms in total. The van der Waals surface area contributed by atoms with E-state index >= 15 is 0 Å². The zero-order chi connectivity index (χ0) is 25.7. The second kappa shape index (κ2) is 11.0. The van der Waals surface area contributed by atoms with Gasteiger partial charge in [-0.3, -0.25) is 4.68 Å². The van der Waals surface area contributed by atoms with E-state index in [-0.39, 0.29) is 0 Å². The van der Waals surface area contributed by atoms with E-state index in [1.807, 2.05) is 53.2 Å². The standard InChI is InChI=1S/C27H25ClN2O6/c1-33-23-9-5-4-7-17(23)15-30-22(19-8-6-10-25(34-2)27(19)35-3)14-21(29-30)20-13-18(28)11-12-24(20)36-16-26(31)32/h4-14H,15-16H2,1-3H3,(H,31,32). The lowest BCUT2D eigenvalue weighted by Gasteiger charge is -2.15. The van der Waals surface area contributed by atoms with Crippen LogP contribution in [0.25, 0.3) is 22.5 Å². The van der Waals surface area contributed by atoms with Crippen molar-refractivity contribution in [3.63, 3.8) is 0 Å². The van der Waals surface area contributed by atoms with Gasteiger partial charge in [-0.25, -0.2) is 4.79 Å². The van der Waals surface area contributed by atoms with Crippen LogP contribution in [0.2, 0.25) is 5.02 Å². The molecular weight excluding hydrogens is 484 g/mol. The highest BCUT2D eigenvalue weighted by Gasteiger charge is 2.21. The van der Waals surface area contributed by atoms with Crippen LogP contribution in [-0.2, 0) is 11.3 Å². The van der Waals surface area contributed by atoms with Crippen LogP contribution < -0.4 is 18.9 Å². The lowest BCUT2D eigenvalue weighted by molar-refractivity contribution is -0.139. The summed E-state index contributed by atoms with van der Waals surface area (Å²) >= 11 is 6.29. The molecule has 0 radical (unpaired) electrons. The van der Waals surface area contributed by atoms with E-state index in [1.165, 1.54) is 0 Å². The molecule has 4 rings (SSSR count). The second-order valence-corrected chi connectivity index (χ2v) is 8.18. The number of ether oxygens (including phenoxy) is 4. The van der Waals surface area contributed by atoms with E-state index in [0.717, 1.165) is 22.6 Å². The number of nitrogens with zero attached hydrogens (tertiary/aromatic N) is 2. The fourth-order valence-electron chi connectivity index (χ4n) is 3.94. The van der Waals surface area contributed by atoms with Gasteiger partial charge in [-0.05, 0) is 42.5 Å². The molecule has 0 bridgehead atoms. The van der Waals surface area contributed by atoms with Crippen LogP contribution in [0.15, 0.2) is 66.7 Å². The number of carbonyl (C=O) groups is 1. The Kier molecular flexibility index (Phi) is 7.65. The van der Waals surface area contributed by atoms with Gasteiger partial charge < -0.3 is 24.1 Å². The molecule has 0 atom stereocenters. The largest absolute Gasteiger partial charge is 0.496 e. The Hall–Kier alpha value is -4.17. The van der Waals surface area contributed by atoms with Gasteiger partial charge in [-0.15, -0.1) is 0 Å². The highest BCUT2D eigenvalue weighted by Crippen LogP contribution is 2.41. The Balaban J connectivity index is 1.90. The number of carboxylic acid groups (broad SMARTS) is 1. The molecule has 4 aromatic rings. The van der Waals surface area contributed by atoms with Crippen LogP contribution in [0.3, 0.4) is 0 Å². The Bertz CT molecular complexity index is 1380. The van der Waals surface area contributed by atoms with Crippen LogP contribution >= 0.6 is 11.6 Å². The van der Waals surface area contributed by atoms with Crippen LogP contribution in [0.5, 0.6) is 23.0 Å². The minimum atomic E-state index is -1.08. The molecule has 1 N–H and O–H groups in total. The molecule has 3 aromatic carbocycles. The molecule has 0 saturated heterocycles. The van der Waals surface area contributed by atoms with Crippen LogP contribution in [-0.4, -0.2) is 48.8 Å². The summed E-state index contributed by atoms with van der Waals surface area (Å²) in [5, 5.41) is 14.4. The summed E-state index contributed by atoms with van der Waals surface area (Å²) in [7, 11) is 4.78. The lowest BCUT2D eigenvalue weighted by atomic mass is 10.1. The highest BCUT2D eigenvalue weighted by atomic mass is 35.5. The van der Waals surface area contributed by atoms with Gasteiger partial charge in [0.1, 0.15) is 11.5 Å². The number of rotatable bonds is 10. The molecule has 0 aliphatic rings. The minimum absolute atomic E-state index is 0.355. The van der Waals surface area contributed by atoms with E-state index in [2.05, 4.69) is 0 Å². The zero-order valence-electron chi connectivity index (χ0n) is 20.0. The Morgan fingerprint density at radius 2 is 1.64 bits per heavy atom. The number of benzene rings is 3. The summed E-state index contributed by atoms with van der Waals surface area (Å²) in [5.41, 5.74) is 3.54. The van der Waals surface area contributed by atoms with Crippen molar-refractivity contribution in [2.24, 2.45) is 0 Å². The van der Waals surface area contributed by atoms with Gasteiger partial charge in [0.15, 0.2) is 18.1 Å². The number of carboxylic acids is 1. The lowest BCUT2D eigenvalue weighted by Crippen LogP contribution is -2.10. The summed E-state index contributed by atoms with van der Waals surface area (Å²) < 4.78 is 24.1. The van der Waals surface area contributed by atoms with Gasteiger partial charge in [0.05, 0.1) is 39.3 Å². The number of aromatic nitrogens is 2. The summed E-state index contributed by atoms with van der Waals surface area (Å²) in [6.45, 7) is -0.0985. The Morgan fingerprint density at radius 3 is 2.36 bits per heavy atom. The molecule has 186 valence electrons. The predicted octanol–water partition coefficient (Wildman–Crippen LogP) is 5.41. The van der Waals surface area contributed by atoms with Gasteiger partial charge in [0.25, 0.3) is 0 Å². The summed E-state index contributed by atoms with van der Waals surface area (Å²) in [6, 6.07) is 20.1. The third-order valence-electron chi connectivity index (χ3n) is 5.54. The number of methoxy groups -OCH3 is 3. The van der Waals surface area contributed by atoms with Crippen LogP contribution in [0, 0.1) is 0 Å². The van der Waals surface area contributed by atoms with Crippen molar-refractivity contribution in [1.82, 2.24) is 9.78 Å². The first-order valence-electron chi connectivity index (χ1n) is 11.0. The predicted molar refractivity (Wildman–Crippen MR) is 136 cm³/mol. The van der Waals surface area contributed by atoms with Gasteiger partial charge in [0, 0.05) is 21.7 Å². The maximum Gasteiger partial charge on any atom is 0.341 e. The number of hydrogen-bond acceptors (Lipinski definition) is 6. The smallest absolute Gasteiger partial charge is 0.341 e. The van der Waals surface area contributed by atoms with Crippen molar-refractivity contribution in [3.8, 4) is 45.5 Å². The third kappa shape index (κ3) is 5.23. The molecular formula is C27H25ClN2O6. The van der Waals surface area contributed by atoms with Crippen molar-refractivity contribution in [1.29, 1.82) is 0 Å². The molecule has 36 heavy (non-hydrogen) atoms. The highest BCUT2D eigenvalue weighted by molar-refractivity contribution is 6.31. The van der Waals surface area contributed by atoms with Gasteiger partial charge in [0.2, 0.25) is 0 Å². The van der Waals surface area contributed by atoms with E-state index < -0.39 is 12.6 Å². The first kappa shape index (κ1) is 24.9. The fraction of sp³-hybridized carbons (Fsp3) is 0.185. The van der Waals surface area contributed by atoms with E-state index in [4.69, 9.17) is 40.8 Å². The molecule has 0 fully saturated rings. The Labute approximate surface area is 213 Å². The number of halogens is 1. The minimum Gasteiger partial charge on any atom is -0.496 e. The van der Waals surface area contributed by atoms with Gasteiger partial charge in [-0.2, -0.15) is 5.10 Å². The summed E-state index contributed by atoms with van der Waals surface area (Å²) in [4.78, 5) is 11.1. The number of aliphatic carboxylic acids is 1. The maximum atomic E-state index is 11.1. The van der Waals surface area contributed by atoms with Crippen LogP contribution in [0.1, 0.15) is 5.56 Å². The van der Waals surface area contributed by atoms with Crippen molar-refractivity contribution < 1.29 is 28.8 Å². The molecule has 1 aromatic heterocycles. The fourth-order valence-corrected chi connectivity index (χ4v) is 4.11. The summed E-state index contributed by atoms with van der Waals surface area (Å²) in [5.74, 6) is 1.13. The molecule has 0 spiro atoms. The van der Waals surface area contributed by atoms with Crippen molar-refractivity contribution in [2.75, 3.05) is 27.9 Å². The van der Waals surface area contributed by atoms with E-state index in [0.29, 0.717) is 40.1 Å². The SMILES string of the molecule is COc1ccccc1Cn1nc(-c2cc(Cl)ccc2OCC(=O)O)cc1-c1cccc(OC)c1OC. The summed E-state index contributed by atoms with van der Waals surface area (Å²) in [6.07, 6.45) is 0. The van der Waals surface area contributed by atoms with E-state index in [1.54, 1.807) is 39.5 Å². The van der Waals surface area contributed by atoms with Crippen molar-refractivity contribution >= 4 is 17.6 Å². The number of hydrogen-bond donors (Lipinski definition) is 1. The van der Waals surface area contributed by atoms with Gasteiger partial charge in [-0.1, -0.05) is 35.9 Å². The average Bonchev–Trinajstić information content (AvgIpc) is 3.30. The molecule has 0 saturated carbocycles. The second-order valence-electron chi connectivity index (χ2n) is 7.75. The Morgan fingerprint density at radius 1 is 0.889 bits per heavy atom. The quantitative estimate of drug-likeness (QED) is 0.306. The maximum absolute atomic E-state index is 11.1. The topological polar surface area (TPSA) is 92.0 Å². The normalized spacial score (nSPS) is 10.7. The number of para-hydroxylation sites is 2. The molecule has 0 aliphatic carbocycles. The van der Waals surface area contributed by atoms with Gasteiger partial charge >= 0.3 is 5.97 Å². The molecule has 9 heteroatoms. The third-order valence-corrected chi connectivity index (χ3v) is 5.78. The first-order chi connectivity index (χ1) is 17.4. The first-order valence-corrected chi connectivity index (χ1v) is 11.4.